The Morgan fingerprint density at radius 3 is 2.50 bits per heavy atom. The number of ether oxygens (including phenoxy) is 1. The number of nitrogens with zero attached hydrogens (tertiary/aromatic N) is 2. The van der Waals surface area contributed by atoms with Crippen LogP contribution in [0, 0.1) is 6.92 Å². The highest BCUT2D eigenvalue weighted by molar-refractivity contribution is 6.03. The molecular formula is C25H37N3O2. The molecule has 0 bridgehead atoms. The molecular weight excluding hydrogens is 374 g/mol. The van der Waals surface area contributed by atoms with Crippen molar-refractivity contribution in [3.8, 4) is 16.9 Å². The van der Waals surface area contributed by atoms with Crippen molar-refractivity contribution in [2.45, 2.75) is 65.3 Å². The number of hydrogen-bond acceptors (Lipinski definition) is 3. The first-order chi connectivity index (χ1) is 14.6. The van der Waals surface area contributed by atoms with Gasteiger partial charge in [0.15, 0.2) is 0 Å². The predicted molar refractivity (Wildman–Crippen MR) is 123 cm³/mol. The molecule has 0 radical (unpaired) electrons. The number of primary amides is 1. The Balaban J connectivity index is 2.06. The van der Waals surface area contributed by atoms with Gasteiger partial charge in [0.1, 0.15) is 5.75 Å². The lowest BCUT2D eigenvalue weighted by molar-refractivity contribution is 0.1000. The molecule has 5 heteroatoms. The molecule has 3 rings (SSSR count). The highest BCUT2D eigenvalue weighted by Gasteiger charge is 2.26. The van der Waals surface area contributed by atoms with E-state index in [1.807, 2.05) is 31.2 Å². The zero-order valence-corrected chi connectivity index (χ0v) is 18.9. The van der Waals surface area contributed by atoms with E-state index < -0.39 is 0 Å². The first-order valence-corrected chi connectivity index (χ1v) is 11.5. The Morgan fingerprint density at radius 2 is 1.83 bits per heavy atom. The van der Waals surface area contributed by atoms with Gasteiger partial charge in [-0.05, 0) is 51.8 Å². The van der Waals surface area contributed by atoms with E-state index in [0.29, 0.717) is 5.56 Å². The van der Waals surface area contributed by atoms with E-state index in [4.69, 9.17) is 10.5 Å². The second-order valence-corrected chi connectivity index (χ2v) is 8.36. The SMILES string of the molecule is CCCCCc1c(-c2ccccc2OC)c(C(N)=O)c(C)n1CCN1CCCCC1. The molecule has 0 aliphatic carbocycles. The molecule has 2 aromatic rings. The summed E-state index contributed by atoms with van der Waals surface area (Å²) in [4.78, 5) is 15.1. The van der Waals surface area contributed by atoms with Gasteiger partial charge < -0.3 is 19.9 Å². The number of piperidine rings is 1. The van der Waals surface area contributed by atoms with Crippen molar-refractivity contribution < 1.29 is 9.53 Å². The quantitative estimate of drug-likeness (QED) is 0.572. The summed E-state index contributed by atoms with van der Waals surface area (Å²) in [5.41, 5.74) is 10.7. The van der Waals surface area contributed by atoms with Crippen LogP contribution < -0.4 is 10.5 Å². The van der Waals surface area contributed by atoms with Crippen LogP contribution in [-0.2, 0) is 13.0 Å². The fourth-order valence-corrected chi connectivity index (χ4v) is 4.77. The van der Waals surface area contributed by atoms with Crippen LogP contribution in [0.1, 0.15) is 67.2 Å². The number of likely N-dealkylation sites (tertiary alicyclic amines) is 1. The molecule has 0 atom stereocenters. The third kappa shape index (κ3) is 4.89. The average Bonchev–Trinajstić information content (AvgIpc) is 3.04. The van der Waals surface area contributed by atoms with Crippen molar-refractivity contribution in [1.82, 2.24) is 9.47 Å². The number of nitrogens with two attached hydrogens (primary N) is 1. The van der Waals surface area contributed by atoms with Gasteiger partial charge in [-0.25, -0.2) is 0 Å². The van der Waals surface area contributed by atoms with Gasteiger partial charge in [-0.1, -0.05) is 44.4 Å². The topological polar surface area (TPSA) is 60.5 Å². The number of carbonyl (C=O) groups is 1. The molecule has 1 saturated heterocycles. The minimum atomic E-state index is -0.359. The summed E-state index contributed by atoms with van der Waals surface area (Å²) < 4.78 is 8.00. The second-order valence-electron chi connectivity index (χ2n) is 8.36. The van der Waals surface area contributed by atoms with Crippen molar-refractivity contribution in [2.75, 3.05) is 26.7 Å². The molecule has 30 heavy (non-hydrogen) atoms. The summed E-state index contributed by atoms with van der Waals surface area (Å²) in [6.07, 6.45) is 8.29. The number of aromatic nitrogens is 1. The lowest BCUT2D eigenvalue weighted by Gasteiger charge is -2.27. The molecule has 2 N–H and O–H groups in total. The lowest BCUT2D eigenvalue weighted by Crippen LogP contribution is -2.33. The molecule has 0 unspecified atom stereocenters. The van der Waals surface area contributed by atoms with Gasteiger partial charge in [0, 0.05) is 35.6 Å². The molecule has 5 nitrogen and oxygen atoms in total. The number of carbonyl (C=O) groups excluding carboxylic acids is 1. The number of para-hydroxylation sites is 1. The number of benzene rings is 1. The summed E-state index contributed by atoms with van der Waals surface area (Å²) in [6, 6.07) is 7.96. The Hall–Kier alpha value is -2.27. The van der Waals surface area contributed by atoms with Crippen LogP contribution in [0.3, 0.4) is 0 Å². The number of rotatable bonds is 10. The second kappa shape index (κ2) is 10.7. The van der Waals surface area contributed by atoms with Gasteiger partial charge >= 0.3 is 0 Å². The average molecular weight is 412 g/mol. The molecule has 1 aliphatic heterocycles. The predicted octanol–water partition coefficient (Wildman–Crippen LogP) is 4.79. The minimum absolute atomic E-state index is 0.359. The molecule has 2 heterocycles. The van der Waals surface area contributed by atoms with E-state index >= 15 is 0 Å². The minimum Gasteiger partial charge on any atom is -0.496 e. The van der Waals surface area contributed by atoms with Crippen LogP contribution in [0.15, 0.2) is 24.3 Å². The van der Waals surface area contributed by atoms with E-state index in [1.54, 1.807) is 7.11 Å². The summed E-state index contributed by atoms with van der Waals surface area (Å²) in [5, 5.41) is 0. The largest absolute Gasteiger partial charge is 0.496 e. The summed E-state index contributed by atoms with van der Waals surface area (Å²) >= 11 is 0. The van der Waals surface area contributed by atoms with Crippen molar-refractivity contribution in [2.24, 2.45) is 5.73 Å². The van der Waals surface area contributed by atoms with Crippen molar-refractivity contribution in [3.05, 3.63) is 41.2 Å². The highest BCUT2D eigenvalue weighted by atomic mass is 16.5. The smallest absolute Gasteiger partial charge is 0.251 e. The molecule has 1 aromatic heterocycles. The number of amides is 1. The molecule has 0 spiro atoms. The van der Waals surface area contributed by atoms with Gasteiger partial charge in [0.25, 0.3) is 5.91 Å². The third-order valence-electron chi connectivity index (χ3n) is 6.36. The van der Waals surface area contributed by atoms with Crippen molar-refractivity contribution in [1.29, 1.82) is 0 Å². The maximum Gasteiger partial charge on any atom is 0.251 e. The highest BCUT2D eigenvalue weighted by Crippen LogP contribution is 2.38. The van der Waals surface area contributed by atoms with Crippen LogP contribution in [-0.4, -0.2) is 42.1 Å². The molecule has 0 saturated carbocycles. The first kappa shape index (κ1) is 22.4. The summed E-state index contributed by atoms with van der Waals surface area (Å²) in [7, 11) is 1.68. The van der Waals surface area contributed by atoms with E-state index in [-0.39, 0.29) is 5.91 Å². The van der Waals surface area contributed by atoms with Crippen molar-refractivity contribution >= 4 is 5.91 Å². The molecule has 1 fully saturated rings. The van der Waals surface area contributed by atoms with Crippen molar-refractivity contribution in [3.63, 3.8) is 0 Å². The first-order valence-electron chi connectivity index (χ1n) is 11.5. The van der Waals surface area contributed by atoms with E-state index in [2.05, 4.69) is 16.4 Å². The van der Waals surface area contributed by atoms with Gasteiger partial charge in [0.05, 0.1) is 12.7 Å². The van der Waals surface area contributed by atoms with Gasteiger partial charge in [-0.15, -0.1) is 0 Å². The maximum atomic E-state index is 12.6. The lowest BCUT2D eigenvalue weighted by atomic mass is 9.96. The zero-order valence-electron chi connectivity index (χ0n) is 18.9. The molecule has 164 valence electrons. The Morgan fingerprint density at radius 1 is 1.10 bits per heavy atom. The monoisotopic (exact) mass is 411 g/mol. The van der Waals surface area contributed by atoms with E-state index in [0.717, 1.165) is 48.5 Å². The Labute approximate surface area is 181 Å². The normalized spacial score (nSPS) is 14.8. The maximum absolute atomic E-state index is 12.6. The fraction of sp³-hybridized carbons (Fsp3) is 0.560. The van der Waals surface area contributed by atoms with Crippen LogP contribution in [0.5, 0.6) is 5.75 Å². The van der Waals surface area contributed by atoms with E-state index in [1.165, 1.54) is 50.9 Å². The number of methoxy groups -OCH3 is 1. The van der Waals surface area contributed by atoms with Crippen LogP contribution in [0.25, 0.3) is 11.1 Å². The Kier molecular flexibility index (Phi) is 7.97. The number of hydrogen-bond donors (Lipinski definition) is 1. The van der Waals surface area contributed by atoms with Gasteiger partial charge in [-0.3, -0.25) is 4.79 Å². The van der Waals surface area contributed by atoms with Gasteiger partial charge in [-0.2, -0.15) is 0 Å². The third-order valence-corrected chi connectivity index (χ3v) is 6.36. The summed E-state index contributed by atoms with van der Waals surface area (Å²) in [5.74, 6) is 0.423. The fourth-order valence-electron chi connectivity index (χ4n) is 4.77. The number of unbranched alkanes of at least 4 members (excludes halogenated alkanes) is 2. The zero-order chi connectivity index (χ0) is 21.5. The molecule has 1 amide bonds. The molecule has 1 aromatic carbocycles. The van der Waals surface area contributed by atoms with Gasteiger partial charge in [0.2, 0.25) is 0 Å². The standard InChI is InChI=1S/C25H37N3O2/c1-4-5-7-13-21-24(20-12-8-9-14-22(20)30-3)23(25(26)29)19(2)28(21)18-17-27-15-10-6-11-16-27/h8-9,12,14H,4-7,10-11,13,15-18H2,1-3H3,(H2,26,29). The van der Waals surface area contributed by atoms with Crippen LogP contribution in [0.4, 0.5) is 0 Å². The van der Waals surface area contributed by atoms with Crippen LogP contribution >= 0.6 is 0 Å². The Bertz CT molecular complexity index is 850. The summed E-state index contributed by atoms with van der Waals surface area (Å²) in [6.45, 7) is 8.51. The van der Waals surface area contributed by atoms with E-state index in [9.17, 15) is 4.79 Å². The van der Waals surface area contributed by atoms with Crippen LogP contribution in [0.2, 0.25) is 0 Å². The molecule has 1 aliphatic rings.